The van der Waals surface area contributed by atoms with E-state index in [2.05, 4.69) is 30.2 Å². The summed E-state index contributed by atoms with van der Waals surface area (Å²) < 4.78 is 5.86. The molecular weight excluding hydrogens is 236 g/mol. The summed E-state index contributed by atoms with van der Waals surface area (Å²) in [6.07, 6.45) is 3.46. The van der Waals surface area contributed by atoms with Crippen molar-refractivity contribution < 1.29 is 4.74 Å². The second-order valence-electron chi connectivity index (χ2n) is 4.92. The lowest BCUT2D eigenvalue weighted by Gasteiger charge is -2.12. The highest BCUT2D eigenvalue weighted by Gasteiger charge is 2.04. The third-order valence-corrected chi connectivity index (χ3v) is 2.70. The fourth-order valence-electron chi connectivity index (χ4n) is 1.78. The van der Waals surface area contributed by atoms with Gasteiger partial charge in [-0.1, -0.05) is 32.0 Å². The maximum absolute atomic E-state index is 5.86. The fraction of sp³-hybridized carbons (Fsp3) is 0.312. The number of pyridine rings is 1. The van der Waals surface area contributed by atoms with Crippen molar-refractivity contribution in [1.82, 2.24) is 10.3 Å². The molecule has 0 bridgehead atoms. The van der Waals surface area contributed by atoms with E-state index in [0.29, 0.717) is 5.92 Å². The topological polar surface area (TPSA) is 34.1 Å². The van der Waals surface area contributed by atoms with E-state index in [1.54, 1.807) is 12.4 Å². The Labute approximate surface area is 114 Å². The zero-order valence-electron chi connectivity index (χ0n) is 11.5. The molecule has 100 valence electrons. The summed E-state index contributed by atoms with van der Waals surface area (Å²) in [6.45, 7) is 6.21. The minimum absolute atomic E-state index is 0.645. The minimum atomic E-state index is 0.645. The second kappa shape index (κ2) is 6.90. The Morgan fingerprint density at radius 3 is 2.74 bits per heavy atom. The number of rotatable bonds is 6. The Morgan fingerprint density at radius 2 is 2.00 bits per heavy atom. The average molecular weight is 256 g/mol. The van der Waals surface area contributed by atoms with Gasteiger partial charge in [0.15, 0.2) is 0 Å². The van der Waals surface area contributed by atoms with E-state index in [4.69, 9.17) is 4.74 Å². The summed E-state index contributed by atoms with van der Waals surface area (Å²) in [5.41, 5.74) is 1.16. The molecule has 0 aliphatic carbocycles. The third-order valence-electron chi connectivity index (χ3n) is 2.70. The van der Waals surface area contributed by atoms with Crippen LogP contribution >= 0.6 is 0 Å². The van der Waals surface area contributed by atoms with E-state index in [-0.39, 0.29) is 0 Å². The Morgan fingerprint density at radius 1 is 1.16 bits per heavy atom. The van der Waals surface area contributed by atoms with Crippen molar-refractivity contribution in [3.63, 3.8) is 0 Å². The lowest BCUT2D eigenvalue weighted by molar-refractivity contribution is 0.467. The Hall–Kier alpha value is -1.87. The molecule has 0 aliphatic rings. The van der Waals surface area contributed by atoms with Crippen LogP contribution < -0.4 is 10.1 Å². The van der Waals surface area contributed by atoms with Gasteiger partial charge in [-0.15, -0.1) is 0 Å². The van der Waals surface area contributed by atoms with Crippen molar-refractivity contribution >= 4 is 0 Å². The number of hydrogen-bond donors (Lipinski definition) is 1. The highest BCUT2D eigenvalue weighted by Crippen LogP contribution is 2.24. The molecule has 19 heavy (non-hydrogen) atoms. The molecule has 0 aliphatic heterocycles. The van der Waals surface area contributed by atoms with Crippen molar-refractivity contribution in [1.29, 1.82) is 0 Å². The Bertz CT molecular complexity index is 497. The summed E-state index contributed by atoms with van der Waals surface area (Å²) in [7, 11) is 0. The van der Waals surface area contributed by atoms with Gasteiger partial charge < -0.3 is 10.1 Å². The molecule has 3 nitrogen and oxygen atoms in total. The highest BCUT2D eigenvalue weighted by atomic mass is 16.5. The molecule has 0 saturated carbocycles. The van der Waals surface area contributed by atoms with Gasteiger partial charge in [0.2, 0.25) is 0 Å². The molecule has 0 saturated heterocycles. The molecule has 2 rings (SSSR count). The van der Waals surface area contributed by atoms with Crippen LogP contribution in [-0.2, 0) is 6.54 Å². The zero-order chi connectivity index (χ0) is 13.5. The molecule has 3 heteroatoms. The number of nitrogens with one attached hydrogen (secondary N) is 1. The van der Waals surface area contributed by atoms with E-state index >= 15 is 0 Å². The monoisotopic (exact) mass is 256 g/mol. The summed E-state index contributed by atoms with van der Waals surface area (Å²) in [6, 6.07) is 11.9. The summed E-state index contributed by atoms with van der Waals surface area (Å²) in [5, 5.41) is 3.43. The van der Waals surface area contributed by atoms with Crippen LogP contribution in [0, 0.1) is 5.92 Å². The highest BCUT2D eigenvalue weighted by molar-refractivity contribution is 5.36. The molecule has 0 unspecified atom stereocenters. The van der Waals surface area contributed by atoms with Crippen molar-refractivity contribution in [3.8, 4) is 11.5 Å². The molecule has 2 aromatic rings. The van der Waals surface area contributed by atoms with Gasteiger partial charge in [0.25, 0.3) is 0 Å². The van der Waals surface area contributed by atoms with Crippen molar-refractivity contribution in [3.05, 3.63) is 54.4 Å². The molecule has 0 fully saturated rings. The number of para-hydroxylation sites is 1. The first kappa shape index (κ1) is 13.6. The molecule has 1 N–H and O–H groups in total. The van der Waals surface area contributed by atoms with Crippen LogP contribution in [0.5, 0.6) is 11.5 Å². The predicted molar refractivity (Wildman–Crippen MR) is 77.3 cm³/mol. The van der Waals surface area contributed by atoms with Gasteiger partial charge in [0.05, 0.1) is 6.20 Å². The summed E-state index contributed by atoms with van der Waals surface area (Å²) in [5.74, 6) is 2.29. The lowest BCUT2D eigenvalue weighted by Crippen LogP contribution is -2.19. The van der Waals surface area contributed by atoms with Gasteiger partial charge in [-0.25, -0.2) is 0 Å². The van der Waals surface area contributed by atoms with Crippen LogP contribution in [0.4, 0.5) is 0 Å². The summed E-state index contributed by atoms with van der Waals surface area (Å²) >= 11 is 0. The normalized spacial score (nSPS) is 10.7. The van der Waals surface area contributed by atoms with E-state index in [9.17, 15) is 0 Å². The zero-order valence-corrected chi connectivity index (χ0v) is 11.5. The van der Waals surface area contributed by atoms with Crippen LogP contribution in [-0.4, -0.2) is 11.5 Å². The first-order valence-electron chi connectivity index (χ1n) is 6.62. The van der Waals surface area contributed by atoms with Crippen LogP contribution in [0.2, 0.25) is 0 Å². The number of aromatic nitrogens is 1. The smallest absolute Gasteiger partial charge is 0.145 e. The fourth-order valence-corrected chi connectivity index (χ4v) is 1.78. The van der Waals surface area contributed by atoms with Gasteiger partial charge in [-0.2, -0.15) is 0 Å². The molecule has 1 heterocycles. The van der Waals surface area contributed by atoms with Crippen molar-refractivity contribution in [2.45, 2.75) is 20.4 Å². The third kappa shape index (κ3) is 4.38. The van der Waals surface area contributed by atoms with Crippen LogP contribution in [0.1, 0.15) is 19.4 Å². The maximum Gasteiger partial charge on any atom is 0.145 e. The molecular formula is C16H20N2O. The van der Waals surface area contributed by atoms with Gasteiger partial charge in [-0.3, -0.25) is 4.98 Å². The minimum Gasteiger partial charge on any atom is -0.455 e. The first-order valence-corrected chi connectivity index (χ1v) is 6.62. The predicted octanol–water partition coefficient (Wildman–Crippen LogP) is 3.62. The Balaban J connectivity index is 2.04. The van der Waals surface area contributed by atoms with Crippen LogP contribution in [0.25, 0.3) is 0 Å². The van der Waals surface area contributed by atoms with Gasteiger partial charge in [0.1, 0.15) is 11.5 Å². The van der Waals surface area contributed by atoms with Crippen LogP contribution in [0.15, 0.2) is 48.8 Å². The number of ether oxygens (including phenoxy) is 1. The average Bonchev–Trinajstić information content (AvgIpc) is 2.41. The molecule has 0 spiro atoms. The van der Waals surface area contributed by atoms with Crippen molar-refractivity contribution in [2.75, 3.05) is 6.54 Å². The maximum atomic E-state index is 5.86. The quantitative estimate of drug-likeness (QED) is 0.857. The van der Waals surface area contributed by atoms with E-state index in [0.717, 1.165) is 30.2 Å². The molecule has 0 atom stereocenters. The second-order valence-corrected chi connectivity index (χ2v) is 4.92. The molecule has 0 amide bonds. The largest absolute Gasteiger partial charge is 0.455 e. The van der Waals surface area contributed by atoms with Gasteiger partial charge >= 0.3 is 0 Å². The summed E-state index contributed by atoms with van der Waals surface area (Å²) in [4.78, 5) is 4.06. The SMILES string of the molecule is CC(C)CNCc1ccccc1Oc1cccnc1. The van der Waals surface area contributed by atoms with E-state index in [1.165, 1.54) is 0 Å². The molecule has 1 aromatic carbocycles. The van der Waals surface area contributed by atoms with Crippen molar-refractivity contribution in [2.24, 2.45) is 5.92 Å². The first-order chi connectivity index (χ1) is 9.25. The molecule has 0 radical (unpaired) electrons. The van der Waals surface area contributed by atoms with Gasteiger partial charge in [0, 0.05) is 18.3 Å². The number of hydrogen-bond acceptors (Lipinski definition) is 3. The number of nitrogens with zero attached hydrogens (tertiary/aromatic N) is 1. The van der Waals surface area contributed by atoms with Crippen LogP contribution in [0.3, 0.4) is 0 Å². The molecule has 1 aromatic heterocycles. The van der Waals surface area contributed by atoms with E-state index < -0.39 is 0 Å². The lowest BCUT2D eigenvalue weighted by atomic mass is 10.2. The van der Waals surface area contributed by atoms with E-state index in [1.807, 2.05) is 30.3 Å². The Kier molecular flexibility index (Phi) is 4.93. The van der Waals surface area contributed by atoms with Gasteiger partial charge in [-0.05, 0) is 30.7 Å². The number of benzene rings is 1. The standard InChI is InChI=1S/C16H20N2O/c1-13(2)10-18-11-14-6-3-4-8-16(14)19-15-7-5-9-17-12-15/h3-9,12-13,18H,10-11H2,1-2H3.